The van der Waals surface area contributed by atoms with Crippen molar-refractivity contribution < 1.29 is 24.5 Å². The van der Waals surface area contributed by atoms with Crippen LogP contribution in [0, 0.1) is 17.8 Å². The molecule has 0 radical (unpaired) electrons. The molecule has 0 spiro atoms. The van der Waals surface area contributed by atoms with Crippen LogP contribution < -0.4 is 10.6 Å². The first-order valence-corrected chi connectivity index (χ1v) is 13.9. The number of carbonyl (C=O) groups is 1. The van der Waals surface area contributed by atoms with Crippen LogP contribution in [0.25, 0.3) is 0 Å². The molecule has 9 heteroatoms. The zero-order chi connectivity index (χ0) is 22.8. The monoisotopic (exact) mass is 490 g/mol. The lowest BCUT2D eigenvalue weighted by Gasteiger charge is -2.41. The summed E-state index contributed by atoms with van der Waals surface area (Å²) < 4.78 is 12.2. The second kappa shape index (κ2) is 11.1. The maximum absolute atomic E-state index is 13.3. The fraction of sp³-hybridized carbons (Fsp3) is 0.957. The molecule has 0 aromatic carbocycles. The van der Waals surface area contributed by atoms with Crippen LogP contribution >= 0.6 is 23.4 Å². The van der Waals surface area contributed by atoms with Gasteiger partial charge in [-0.25, -0.2) is 0 Å². The third-order valence-electron chi connectivity index (χ3n) is 8.04. The molecular weight excluding hydrogens is 452 g/mol. The highest BCUT2D eigenvalue weighted by Gasteiger charge is 2.46. The summed E-state index contributed by atoms with van der Waals surface area (Å²) in [5, 5.41) is 26.5. The summed E-state index contributed by atoms with van der Waals surface area (Å²) in [6, 6.07) is -0.880. The van der Waals surface area contributed by atoms with Gasteiger partial charge in [-0.15, -0.1) is 23.4 Å². The molecule has 0 aromatic rings. The van der Waals surface area contributed by atoms with Crippen molar-refractivity contribution in [3.05, 3.63) is 0 Å². The Hall–Kier alpha value is -0.0900. The van der Waals surface area contributed by atoms with Gasteiger partial charge in [-0.2, -0.15) is 0 Å². The number of alkyl halides is 1. The molecule has 184 valence electrons. The van der Waals surface area contributed by atoms with Crippen molar-refractivity contribution in [3.63, 3.8) is 0 Å². The zero-order valence-electron chi connectivity index (χ0n) is 19.1. The summed E-state index contributed by atoms with van der Waals surface area (Å²) in [6.45, 7) is 3.33. The number of aliphatic hydroxyl groups is 2. The molecule has 1 amide bonds. The van der Waals surface area contributed by atoms with E-state index in [1.165, 1.54) is 37.4 Å². The maximum Gasteiger partial charge on any atom is 0.240 e. The van der Waals surface area contributed by atoms with E-state index in [0.29, 0.717) is 18.4 Å². The number of nitrogens with one attached hydrogen (secondary N) is 2. The molecule has 4 N–H and O–H groups in total. The third-order valence-corrected chi connectivity index (χ3v) is 9.16. The van der Waals surface area contributed by atoms with Crippen LogP contribution in [0.15, 0.2) is 0 Å². The smallest absolute Gasteiger partial charge is 0.240 e. The Balaban J connectivity index is 1.39. The first-order valence-electron chi connectivity index (χ1n) is 12.2. The minimum Gasteiger partial charge on any atom is -0.390 e. The van der Waals surface area contributed by atoms with Crippen LogP contribution in [0.1, 0.15) is 51.9 Å². The fourth-order valence-electron chi connectivity index (χ4n) is 6.24. The van der Waals surface area contributed by atoms with Crippen molar-refractivity contribution in [2.24, 2.45) is 17.8 Å². The lowest BCUT2D eigenvalue weighted by molar-refractivity contribution is -0.148. The van der Waals surface area contributed by atoms with Crippen LogP contribution in [0.2, 0.25) is 0 Å². The Kier molecular flexibility index (Phi) is 8.68. The third kappa shape index (κ3) is 5.42. The summed E-state index contributed by atoms with van der Waals surface area (Å²) in [5.74, 6) is 1.76. The van der Waals surface area contributed by atoms with Gasteiger partial charge >= 0.3 is 0 Å². The highest BCUT2D eigenvalue weighted by atomic mass is 35.5. The zero-order valence-corrected chi connectivity index (χ0v) is 20.7. The minimum atomic E-state index is -0.951. The van der Waals surface area contributed by atoms with E-state index in [0.717, 1.165) is 25.3 Å². The summed E-state index contributed by atoms with van der Waals surface area (Å²) in [7, 11) is 0. The summed E-state index contributed by atoms with van der Waals surface area (Å²) in [4.78, 5) is 13.3. The molecule has 32 heavy (non-hydrogen) atoms. The van der Waals surface area contributed by atoms with Crippen molar-refractivity contribution >= 4 is 29.3 Å². The molecule has 1 aliphatic carbocycles. The Morgan fingerprint density at radius 1 is 1.16 bits per heavy atom. The number of ether oxygens (including phenoxy) is 2. The van der Waals surface area contributed by atoms with Crippen LogP contribution in [-0.4, -0.2) is 82.8 Å². The SMILES string of the molecule is CSC1O[C@H]([C@H](NC(=O)[C@H]2NC[C@@H]3C[C@H](C4CCCC4)CCO[C@H]32)[C@H](C)Cl)CC(O)[C@H]1O. The summed E-state index contributed by atoms with van der Waals surface area (Å²) >= 11 is 7.80. The number of halogens is 1. The van der Waals surface area contributed by atoms with Crippen molar-refractivity contribution in [3.8, 4) is 0 Å². The van der Waals surface area contributed by atoms with Crippen LogP contribution in [0.5, 0.6) is 0 Å². The molecule has 7 nitrogen and oxygen atoms in total. The van der Waals surface area contributed by atoms with E-state index in [4.69, 9.17) is 21.1 Å². The molecule has 1 saturated carbocycles. The number of hydrogen-bond acceptors (Lipinski definition) is 7. The standard InChI is InChI=1S/C23H39ClN2O5S/c1-12(24)18(17-10-16(27)20(28)23(31-17)32-2)26-22(29)19-21-15(11-25-19)9-14(7-8-30-21)13-5-3-4-6-13/h12-21,23,25,27-28H,3-11H2,1-2H3,(H,26,29)/t12-,14+,15-,16?,17-,18+,19-,20+,21+,23?/m0/s1. The van der Waals surface area contributed by atoms with Gasteiger partial charge < -0.3 is 30.3 Å². The molecule has 0 bridgehead atoms. The number of aliphatic hydroxyl groups excluding tert-OH is 2. The van der Waals surface area contributed by atoms with E-state index in [1.807, 2.05) is 13.2 Å². The van der Waals surface area contributed by atoms with Crippen LogP contribution in [0.4, 0.5) is 0 Å². The average Bonchev–Trinajstić information content (AvgIpc) is 3.39. The first kappa shape index (κ1) is 25.0. The molecule has 3 heterocycles. The number of hydrogen-bond donors (Lipinski definition) is 4. The first-order chi connectivity index (χ1) is 15.4. The molecule has 4 aliphatic rings. The number of rotatable bonds is 6. The van der Waals surface area contributed by atoms with E-state index in [-0.39, 0.29) is 18.4 Å². The Morgan fingerprint density at radius 2 is 1.91 bits per heavy atom. The molecule has 10 atom stereocenters. The fourth-order valence-corrected chi connectivity index (χ4v) is 7.18. The minimum absolute atomic E-state index is 0.119. The van der Waals surface area contributed by atoms with Crippen LogP contribution in [-0.2, 0) is 14.3 Å². The molecular formula is C23H39ClN2O5S. The van der Waals surface area contributed by atoms with Crippen molar-refractivity contribution in [1.29, 1.82) is 0 Å². The predicted octanol–water partition coefficient (Wildman–Crippen LogP) is 1.87. The van der Waals surface area contributed by atoms with E-state index in [2.05, 4.69) is 10.6 Å². The summed E-state index contributed by atoms with van der Waals surface area (Å²) in [5.41, 5.74) is -0.551. The van der Waals surface area contributed by atoms with E-state index >= 15 is 0 Å². The molecule has 2 unspecified atom stereocenters. The number of fused-ring (bicyclic) bond motifs is 1. The van der Waals surface area contributed by atoms with E-state index in [1.54, 1.807) is 0 Å². The highest BCUT2D eigenvalue weighted by molar-refractivity contribution is 7.99. The van der Waals surface area contributed by atoms with Crippen molar-refractivity contribution in [2.45, 2.75) is 99.2 Å². The lowest BCUT2D eigenvalue weighted by Crippen LogP contribution is -2.59. The van der Waals surface area contributed by atoms with Gasteiger partial charge in [-0.1, -0.05) is 25.7 Å². The van der Waals surface area contributed by atoms with E-state index < -0.39 is 41.2 Å². The van der Waals surface area contributed by atoms with Gasteiger partial charge in [0.25, 0.3) is 0 Å². The largest absolute Gasteiger partial charge is 0.390 e. The average molecular weight is 491 g/mol. The van der Waals surface area contributed by atoms with Crippen molar-refractivity contribution in [1.82, 2.24) is 10.6 Å². The van der Waals surface area contributed by atoms with Gasteiger partial charge in [0.05, 0.1) is 29.7 Å². The number of thioether (sulfide) groups is 1. The van der Waals surface area contributed by atoms with Gasteiger partial charge in [0.1, 0.15) is 17.6 Å². The Morgan fingerprint density at radius 3 is 2.59 bits per heavy atom. The van der Waals surface area contributed by atoms with Gasteiger partial charge in [0.2, 0.25) is 5.91 Å². The van der Waals surface area contributed by atoms with Crippen molar-refractivity contribution in [2.75, 3.05) is 19.4 Å². The quantitative estimate of drug-likeness (QED) is 0.422. The van der Waals surface area contributed by atoms with Gasteiger partial charge in [-0.05, 0) is 43.8 Å². The Labute approximate surface area is 200 Å². The normalized spacial score (nSPS) is 42.8. The van der Waals surface area contributed by atoms with Gasteiger partial charge in [0.15, 0.2) is 0 Å². The second-order valence-corrected chi connectivity index (χ2v) is 11.7. The second-order valence-electron chi connectivity index (χ2n) is 10.1. The lowest BCUT2D eigenvalue weighted by atomic mass is 9.81. The summed E-state index contributed by atoms with van der Waals surface area (Å²) in [6.07, 6.45) is 7.21. The maximum atomic E-state index is 13.3. The molecule has 3 saturated heterocycles. The molecule has 3 aliphatic heterocycles. The van der Waals surface area contributed by atoms with Crippen LogP contribution in [0.3, 0.4) is 0 Å². The number of carbonyl (C=O) groups excluding carboxylic acids is 1. The highest BCUT2D eigenvalue weighted by Crippen LogP contribution is 2.40. The molecule has 0 aromatic heterocycles. The van der Waals surface area contributed by atoms with Gasteiger partial charge in [-0.3, -0.25) is 4.79 Å². The predicted molar refractivity (Wildman–Crippen MR) is 126 cm³/mol. The van der Waals surface area contributed by atoms with E-state index in [9.17, 15) is 15.0 Å². The Bertz CT molecular complexity index is 638. The van der Waals surface area contributed by atoms with Gasteiger partial charge in [0, 0.05) is 19.6 Å². The topological polar surface area (TPSA) is 100 Å². The molecule has 4 fully saturated rings. The molecule has 4 rings (SSSR count). The number of amides is 1.